The molecule has 174 valence electrons. The fourth-order valence-corrected chi connectivity index (χ4v) is 5.39. The minimum atomic E-state index is -1.95. The molecule has 1 amide bonds. The van der Waals surface area contributed by atoms with E-state index in [9.17, 15) is 20.6 Å². The molecule has 1 aliphatic heterocycles. The van der Waals surface area contributed by atoms with E-state index in [1.165, 1.54) is 11.0 Å². The van der Waals surface area contributed by atoms with Crippen LogP contribution in [-0.4, -0.2) is 29.8 Å². The van der Waals surface area contributed by atoms with Crippen molar-refractivity contribution in [1.82, 2.24) is 4.90 Å². The molecule has 0 spiro atoms. The monoisotopic (exact) mass is 503 g/mol. The molecule has 0 aromatic heterocycles. The molecule has 2 aromatic rings. The van der Waals surface area contributed by atoms with E-state index in [4.69, 9.17) is 33.3 Å². The molecule has 35 heavy (non-hydrogen) atoms. The predicted octanol–water partition coefficient (Wildman–Crippen LogP) is 5.48. The number of rotatable bonds is 3. The zero-order chi connectivity index (χ0) is 25.2. The van der Waals surface area contributed by atoms with Crippen molar-refractivity contribution in [3.05, 3.63) is 81.4 Å². The molecule has 1 N–H and O–H groups in total. The number of fused-ring (bicyclic) bond motifs is 1. The van der Waals surface area contributed by atoms with Gasteiger partial charge in [0, 0.05) is 35.0 Å². The van der Waals surface area contributed by atoms with Crippen LogP contribution in [0.15, 0.2) is 60.2 Å². The van der Waals surface area contributed by atoms with E-state index < -0.39 is 29.3 Å². The number of nitrogens with one attached hydrogen (secondary N) is 1. The number of benzene rings is 2. The van der Waals surface area contributed by atoms with Crippen molar-refractivity contribution >= 4 is 35.0 Å². The Morgan fingerprint density at radius 1 is 1.14 bits per heavy atom. The van der Waals surface area contributed by atoms with Crippen LogP contribution in [0.4, 0.5) is 4.79 Å². The van der Waals surface area contributed by atoms with Crippen LogP contribution in [-0.2, 0) is 11.3 Å². The smallest absolute Gasteiger partial charge is 0.410 e. The summed E-state index contributed by atoms with van der Waals surface area (Å²) in [7, 11) is 0. The van der Waals surface area contributed by atoms with Gasteiger partial charge in [-0.15, -0.1) is 0 Å². The van der Waals surface area contributed by atoms with Gasteiger partial charge in [0.25, 0.3) is 0 Å². The van der Waals surface area contributed by atoms with Crippen molar-refractivity contribution in [3.63, 3.8) is 0 Å². The van der Waals surface area contributed by atoms with Crippen molar-refractivity contribution in [2.24, 2.45) is 17.3 Å². The van der Waals surface area contributed by atoms with Crippen molar-refractivity contribution in [2.45, 2.75) is 12.5 Å². The van der Waals surface area contributed by atoms with Gasteiger partial charge in [-0.2, -0.15) is 15.8 Å². The largest absolute Gasteiger partial charge is 0.445 e. The lowest BCUT2D eigenvalue weighted by Crippen LogP contribution is -2.53. The normalized spacial score (nSPS) is 22.6. The first-order chi connectivity index (χ1) is 16.9. The molecule has 4 rings (SSSR count). The standard InChI is InChI=1S/C26H19Cl2N5O2/c27-17-6-7-19(22(28)10-17)23-21-12-33(25(34)35-13-16-4-2-1-3-5-16)9-8-18(21)20(11-29)24(32)26(23,14-30)15-31/h1-8,10,20-21,23,32H,9,12-13H2/t20?,21-,23+/m0/s1. The topological polar surface area (TPSA) is 125 Å². The maximum atomic E-state index is 12.9. The first-order valence-electron chi connectivity index (χ1n) is 10.8. The molecule has 1 unspecified atom stereocenters. The van der Waals surface area contributed by atoms with Crippen LogP contribution in [0.1, 0.15) is 17.0 Å². The Kier molecular flexibility index (Phi) is 6.81. The quantitative estimate of drug-likeness (QED) is 0.555. The zero-order valence-corrected chi connectivity index (χ0v) is 19.9. The summed E-state index contributed by atoms with van der Waals surface area (Å²) >= 11 is 12.6. The number of ether oxygens (including phenoxy) is 1. The van der Waals surface area contributed by atoms with Crippen LogP contribution in [0, 0.1) is 56.7 Å². The molecule has 0 saturated heterocycles. The molecular formula is C26H19Cl2N5O2. The summed E-state index contributed by atoms with van der Waals surface area (Å²) in [5.41, 5.74) is -0.346. The number of hydrogen-bond acceptors (Lipinski definition) is 6. The van der Waals surface area contributed by atoms with Gasteiger partial charge in [-0.05, 0) is 28.8 Å². The minimum absolute atomic E-state index is 0.0929. The average Bonchev–Trinajstić information content (AvgIpc) is 2.87. The van der Waals surface area contributed by atoms with Crippen molar-refractivity contribution < 1.29 is 9.53 Å². The maximum Gasteiger partial charge on any atom is 0.410 e. The second kappa shape index (κ2) is 9.80. The van der Waals surface area contributed by atoms with Crippen LogP contribution in [0.5, 0.6) is 0 Å². The van der Waals surface area contributed by atoms with Gasteiger partial charge >= 0.3 is 6.09 Å². The van der Waals surface area contributed by atoms with Crippen molar-refractivity contribution in [1.29, 1.82) is 21.2 Å². The van der Waals surface area contributed by atoms with Crippen LogP contribution >= 0.6 is 23.2 Å². The second-order valence-electron chi connectivity index (χ2n) is 8.41. The Balaban J connectivity index is 1.74. The number of halogens is 2. The average molecular weight is 504 g/mol. The lowest BCUT2D eigenvalue weighted by atomic mass is 9.54. The summed E-state index contributed by atoms with van der Waals surface area (Å²) in [4.78, 5) is 14.4. The Morgan fingerprint density at radius 2 is 1.86 bits per heavy atom. The van der Waals surface area contributed by atoms with E-state index in [0.717, 1.165) is 5.56 Å². The van der Waals surface area contributed by atoms with Gasteiger partial charge in [0.2, 0.25) is 0 Å². The van der Waals surface area contributed by atoms with Crippen LogP contribution in [0.25, 0.3) is 0 Å². The molecule has 0 bridgehead atoms. The summed E-state index contributed by atoms with van der Waals surface area (Å²) in [5.74, 6) is -2.55. The first kappa shape index (κ1) is 24.3. The Bertz CT molecular complexity index is 1320. The van der Waals surface area contributed by atoms with E-state index in [2.05, 4.69) is 6.07 Å². The molecule has 0 radical (unpaired) electrons. The molecule has 1 heterocycles. The summed E-state index contributed by atoms with van der Waals surface area (Å²) in [6, 6.07) is 20.1. The molecule has 7 nitrogen and oxygen atoms in total. The second-order valence-corrected chi connectivity index (χ2v) is 9.25. The van der Waals surface area contributed by atoms with E-state index in [0.29, 0.717) is 16.2 Å². The highest BCUT2D eigenvalue weighted by Crippen LogP contribution is 2.54. The van der Waals surface area contributed by atoms with Gasteiger partial charge in [-0.25, -0.2) is 4.79 Å². The molecular weight excluding hydrogens is 485 g/mol. The number of amides is 1. The molecule has 1 saturated carbocycles. The fraction of sp³-hybridized carbons (Fsp3) is 0.269. The summed E-state index contributed by atoms with van der Waals surface area (Å²) in [6.07, 6.45) is 1.16. The van der Waals surface area contributed by atoms with E-state index in [-0.39, 0.29) is 30.4 Å². The molecule has 2 aliphatic rings. The lowest BCUT2D eigenvalue weighted by molar-refractivity contribution is 0.0892. The Morgan fingerprint density at radius 3 is 2.49 bits per heavy atom. The van der Waals surface area contributed by atoms with Crippen molar-refractivity contribution in [3.8, 4) is 18.2 Å². The number of carbonyl (C=O) groups excluding carboxylic acids is 1. The number of hydrogen-bond donors (Lipinski definition) is 1. The van der Waals surface area contributed by atoms with E-state index >= 15 is 0 Å². The maximum absolute atomic E-state index is 12.9. The third-order valence-corrected chi connectivity index (χ3v) is 7.11. The SMILES string of the molecule is N#CC1C(=N)C(C#N)(C#N)[C@H](c2ccc(Cl)cc2Cl)[C@H]2CN(C(=O)OCc3ccccc3)CC=C12. The van der Waals surface area contributed by atoms with E-state index in [1.807, 2.05) is 42.5 Å². The fourth-order valence-electron chi connectivity index (χ4n) is 4.86. The summed E-state index contributed by atoms with van der Waals surface area (Å²) < 4.78 is 5.48. The van der Waals surface area contributed by atoms with Crippen LogP contribution in [0.3, 0.4) is 0 Å². The van der Waals surface area contributed by atoms with Crippen LogP contribution in [0.2, 0.25) is 10.0 Å². The lowest BCUT2D eigenvalue weighted by Gasteiger charge is -2.47. The van der Waals surface area contributed by atoms with Gasteiger partial charge in [0.15, 0.2) is 5.41 Å². The van der Waals surface area contributed by atoms with Gasteiger partial charge in [-0.3, -0.25) is 0 Å². The van der Waals surface area contributed by atoms with Crippen molar-refractivity contribution in [2.75, 3.05) is 13.1 Å². The number of nitrogens with zero attached hydrogens (tertiary/aromatic N) is 4. The third-order valence-electron chi connectivity index (χ3n) is 6.55. The van der Waals surface area contributed by atoms with E-state index in [1.54, 1.807) is 18.2 Å². The highest BCUT2D eigenvalue weighted by molar-refractivity contribution is 6.35. The highest BCUT2D eigenvalue weighted by Gasteiger charge is 2.58. The summed E-state index contributed by atoms with van der Waals surface area (Å²) in [5, 5.41) is 39.5. The molecule has 9 heteroatoms. The zero-order valence-electron chi connectivity index (χ0n) is 18.4. The molecule has 1 fully saturated rings. The van der Waals surface area contributed by atoms with Crippen LogP contribution < -0.4 is 0 Å². The number of nitriles is 3. The first-order valence-corrected chi connectivity index (χ1v) is 11.5. The molecule has 3 atom stereocenters. The third kappa shape index (κ3) is 4.24. The van der Waals surface area contributed by atoms with Gasteiger partial charge in [0.05, 0.1) is 23.9 Å². The number of carbonyl (C=O) groups is 1. The minimum Gasteiger partial charge on any atom is -0.445 e. The van der Waals surface area contributed by atoms with Gasteiger partial charge in [0.1, 0.15) is 12.5 Å². The molecule has 2 aromatic carbocycles. The van der Waals surface area contributed by atoms with Gasteiger partial charge in [-0.1, -0.05) is 65.7 Å². The Hall–Kier alpha value is -3.83. The Labute approximate surface area is 212 Å². The highest BCUT2D eigenvalue weighted by atomic mass is 35.5. The summed E-state index contributed by atoms with van der Waals surface area (Å²) in [6.45, 7) is 0.368. The molecule has 1 aliphatic carbocycles. The predicted molar refractivity (Wildman–Crippen MR) is 129 cm³/mol. The van der Waals surface area contributed by atoms with Gasteiger partial charge < -0.3 is 15.0 Å².